The van der Waals surface area contributed by atoms with E-state index in [4.69, 9.17) is 9.97 Å². The fourth-order valence-electron chi connectivity index (χ4n) is 9.02. The standard InChI is InChI=1S/C52H33N5/c1-3-16-34(17-4-1)52-53-43(33-49(54-52)57-45-27-12-7-22-38(45)39-23-8-13-28-46(39)57)35-18-15-21-37(32-35)56-44-26-11-9-24-40(44)41-30-31-48-50(51(41)56)42-25-10-14-29-47(42)55(48)36-19-5-2-6-20-36/h1-33H. The second-order valence-corrected chi connectivity index (χ2v) is 14.6. The lowest BCUT2D eigenvalue weighted by Gasteiger charge is -2.14. The van der Waals surface area contributed by atoms with Gasteiger partial charge in [-0.2, -0.15) is 0 Å². The largest absolute Gasteiger partial charge is 0.309 e. The van der Waals surface area contributed by atoms with Gasteiger partial charge in [-0.15, -0.1) is 0 Å². The van der Waals surface area contributed by atoms with Crippen LogP contribution in [0.2, 0.25) is 0 Å². The zero-order valence-corrected chi connectivity index (χ0v) is 30.8. The Labute approximate surface area is 328 Å². The van der Waals surface area contributed by atoms with Crippen LogP contribution in [-0.4, -0.2) is 23.7 Å². The molecule has 5 heteroatoms. The highest BCUT2D eigenvalue weighted by molar-refractivity contribution is 6.26. The molecule has 0 unspecified atom stereocenters. The van der Waals surface area contributed by atoms with Crippen LogP contribution in [-0.2, 0) is 0 Å². The van der Waals surface area contributed by atoms with Crippen LogP contribution in [0.1, 0.15) is 0 Å². The Hall–Kier alpha value is -7.76. The van der Waals surface area contributed by atoms with E-state index in [0.717, 1.165) is 50.6 Å². The van der Waals surface area contributed by atoms with Gasteiger partial charge in [-0.25, -0.2) is 9.97 Å². The Morgan fingerprint density at radius 1 is 0.316 bits per heavy atom. The van der Waals surface area contributed by atoms with Crippen molar-refractivity contribution in [1.29, 1.82) is 0 Å². The zero-order chi connectivity index (χ0) is 37.5. The van der Waals surface area contributed by atoms with E-state index >= 15 is 0 Å². The maximum Gasteiger partial charge on any atom is 0.162 e. The van der Waals surface area contributed by atoms with Crippen molar-refractivity contribution >= 4 is 65.4 Å². The van der Waals surface area contributed by atoms with E-state index in [1.165, 1.54) is 48.9 Å². The van der Waals surface area contributed by atoms with Crippen molar-refractivity contribution < 1.29 is 0 Å². The predicted octanol–water partition coefficient (Wildman–Crippen LogP) is 13.1. The highest BCUT2D eigenvalue weighted by Crippen LogP contribution is 2.42. The maximum absolute atomic E-state index is 5.28. The van der Waals surface area contributed by atoms with Gasteiger partial charge in [0.15, 0.2) is 5.82 Å². The summed E-state index contributed by atoms with van der Waals surface area (Å²) < 4.78 is 7.12. The van der Waals surface area contributed by atoms with E-state index in [1.807, 2.05) is 18.2 Å². The fraction of sp³-hybridized carbons (Fsp3) is 0. The molecule has 57 heavy (non-hydrogen) atoms. The molecule has 0 atom stereocenters. The Morgan fingerprint density at radius 2 is 0.842 bits per heavy atom. The third kappa shape index (κ3) is 4.76. The lowest BCUT2D eigenvalue weighted by molar-refractivity contribution is 1.05. The molecule has 0 radical (unpaired) electrons. The second kappa shape index (κ2) is 12.4. The summed E-state index contributed by atoms with van der Waals surface area (Å²) in [6.45, 7) is 0. The number of rotatable bonds is 5. The monoisotopic (exact) mass is 727 g/mol. The number of hydrogen-bond donors (Lipinski definition) is 0. The lowest BCUT2D eigenvalue weighted by Crippen LogP contribution is -2.03. The third-order valence-corrected chi connectivity index (χ3v) is 11.4. The molecule has 0 N–H and O–H groups in total. The van der Waals surface area contributed by atoms with Crippen molar-refractivity contribution in [3.8, 4) is 39.8 Å². The highest BCUT2D eigenvalue weighted by Gasteiger charge is 2.22. The first-order chi connectivity index (χ1) is 28.3. The number of hydrogen-bond acceptors (Lipinski definition) is 2. The van der Waals surface area contributed by atoms with Crippen molar-refractivity contribution in [2.24, 2.45) is 0 Å². The van der Waals surface area contributed by atoms with Crippen LogP contribution in [0, 0.1) is 0 Å². The van der Waals surface area contributed by atoms with Crippen LogP contribution in [0.3, 0.4) is 0 Å². The summed E-state index contributed by atoms with van der Waals surface area (Å²) in [5.74, 6) is 1.51. The molecule has 12 rings (SSSR count). The molecule has 0 aliphatic heterocycles. The first-order valence-electron chi connectivity index (χ1n) is 19.3. The van der Waals surface area contributed by atoms with Gasteiger partial charge in [0.05, 0.1) is 38.8 Å². The number of fused-ring (bicyclic) bond motifs is 10. The van der Waals surface area contributed by atoms with Crippen molar-refractivity contribution in [3.63, 3.8) is 0 Å². The van der Waals surface area contributed by atoms with Crippen LogP contribution < -0.4 is 0 Å². The molecule has 0 amide bonds. The molecule has 266 valence electrons. The molecular weight excluding hydrogens is 695 g/mol. The molecule has 12 aromatic rings. The van der Waals surface area contributed by atoms with Crippen LogP contribution in [0.15, 0.2) is 200 Å². The minimum absolute atomic E-state index is 0.683. The van der Waals surface area contributed by atoms with Gasteiger partial charge in [-0.3, -0.25) is 4.57 Å². The summed E-state index contributed by atoms with van der Waals surface area (Å²) in [7, 11) is 0. The minimum Gasteiger partial charge on any atom is -0.309 e. The van der Waals surface area contributed by atoms with Gasteiger partial charge < -0.3 is 9.13 Å². The van der Waals surface area contributed by atoms with Gasteiger partial charge in [0, 0.05) is 60.9 Å². The van der Waals surface area contributed by atoms with Crippen molar-refractivity contribution in [2.45, 2.75) is 0 Å². The quantitative estimate of drug-likeness (QED) is 0.177. The first kappa shape index (κ1) is 31.6. The molecule has 0 aliphatic rings. The average molecular weight is 728 g/mol. The maximum atomic E-state index is 5.28. The Kier molecular flexibility index (Phi) is 6.86. The first-order valence-corrected chi connectivity index (χ1v) is 19.3. The van der Waals surface area contributed by atoms with Crippen LogP contribution in [0.5, 0.6) is 0 Å². The minimum atomic E-state index is 0.683. The molecule has 0 fully saturated rings. The normalized spacial score (nSPS) is 11.9. The average Bonchev–Trinajstić information content (AvgIpc) is 3.93. The third-order valence-electron chi connectivity index (χ3n) is 11.4. The number of benzene rings is 8. The van der Waals surface area contributed by atoms with Crippen molar-refractivity contribution in [2.75, 3.05) is 0 Å². The Bertz CT molecular complexity index is 3460. The number of para-hydroxylation sites is 5. The van der Waals surface area contributed by atoms with Crippen LogP contribution >= 0.6 is 0 Å². The number of nitrogens with zero attached hydrogens (tertiary/aromatic N) is 5. The molecule has 0 bridgehead atoms. The summed E-state index contributed by atoms with van der Waals surface area (Å²) in [5.41, 5.74) is 12.0. The predicted molar refractivity (Wildman–Crippen MR) is 236 cm³/mol. The van der Waals surface area contributed by atoms with E-state index in [9.17, 15) is 0 Å². The van der Waals surface area contributed by atoms with E-state index in [1.54, 1.807) is 0 Å². The van der Waals surface area contributed by atoms with E-state index in [0.29, 0.717) is 5.82 Å². The molecule has 8 aromatic carbocycles. The summed E-state index contributed by atoms with van der Waals surface area (Å²) in [5, 5.41) is 7.29. The van der Waals surface area contributed by atoms with E-state index < -0.39 is 0 Å². The van der Waals surface area contributed by atoms with Crippen molar-refractivity contribution in [1.82, 2.24) is 23.7 Å². The lowest BCUT2D eigenvalue weighted by atomic mass is 10.1. The molecule has 0 saturated heterocycles. The Morgan fingerprint density at radius 3 is 1.53 bits per heavy atom. The second-order valence-electron chi connectivity index (χ2n) is 14.6. The van der Waals surface area contributed by atoms with Gasteiger partial charge in [0.1, 0.15) is 5.82 Å². The summed E-state index contributed by atoms with van der Waals surface area (Å²) >= 11 is 0. The molecule has 0 saturated carbocycles. The van der Waals surface area contributed by atoms with Gasteiger partial charge >= 0.3 is 0 Å². The van der Waals surface area contributed by atoms with E-state index in [2.05, 4.69) is 196 Å². The zero-order valence-electron chi connectivity index (χ0n) is 30.8. The molecule has 4 aromatic heterocycles. The Balaban J connectivity index is 1.13. The summed E-state index contributed by atoms with van der Waals surface area (Å²) in [4.78, 5) is 10.5. The molecule has 0 aliphatic carbocycles. The highest BCUT2D eigenvalue weighted by atomic mass is 15.1. The number of aromatic nitrogens is 5. The van der Waals surface area contributed by atoms with Gasteiger partial charge in [0.2, 0.25) is 0 Å². The van der Waals surface area contributed by atoms with Crippen LogP contribution in [0.4, 0.5) is 0 Å². The molecule has 5 nitrogen and oxygen atoms in total. The smallest absolute Gasteiger partial charge is 0.162 e. The van der Waals surface area contributed by atoms with Crippen LogP contribution in [0.25, 0.3) is 105 Å². The molecule has 4 heterocycles. The van der Waals surface area contributed by atoms with Gasteiger partial charge in [0.25, 0.3) is 0 Å². The van der Waals surface area contributed by atoms with Gasteiger partial charge in [-0.05, 0) is 54.6 Å². The van der Waals surface area contributed by atoms with E-state index in [-0.39, 0.29) is 0 Å². The molecule has 0 spiro atoms. The van der Waals surface area contributed by atoms with Gasteiger partial charge in [-0.1, -0.05) is 140 Å². The topological polar surface area (TPSA) is 40.6 Å². The van der Waals surface area contributed by atoms with Crippen molar-refractivity contribution in [3.05, 3.63) is 200 Å². The summed E-state index contributed by atoms with van der Waals surface area (Å²) in [6, 6.07) is 71.2. The summed E-state index contributed by atoms with van der Waals surface area (Å²) in [6.07, 6.45) is 0. The SMILES string of the molecule is c1ccc(-c2nc(-c3cccc(-n4c5ccccc5c5ccc6c(c7ccccc7n6-c6ccccc6)c54)c3)cc(-n3c4ccccc4c4ccccc43)n2)cc1. The fourth-order valence-corrected chi connectivity index (χ4v) is 9.02. The molecular formula is C52H33N5.